The van der Waals surface area contributed by atoms with E-state index in [2.05, 4.69) is 38.8 Å². The minimum atomic E-state index is -0.271. The quantitative estimate of drug-likeness (QED) is 0.382. The normalized spacial score (nSPS) is 11.7. The Bertz CT molecular complexity index is 1440. The van der Waals surface area contributed by atoms with Crippen LogP contribution in [0.2, 0.25) is 5.02 Å². The summed E-state index contributed by atoms with van der Waals surface area (Å²) in [5, 5.41) is 3.69. The molecule has 166 valence electrons. The molecule has 0 saturated carbocycles. The number of aliphatic imine (C=N–C) groups is 1. The Balaban J connectivity index is 1.80. The number of aromatic nitrogens is 4. The van der Waals surface area contributed by atoms with Crippen LogP contribution in [0, 0.1) is 13.8 Å². The summed E-state index contributed by atoms with van der Waals surface area (Å²) in [5.41, 5.74) is 5.18. The zero-order chi connectivity index (χ0) is 23.0. The standard InChI is InChI=1S/C23H25ClN6O2/c1-5-29(6-2)21-11-19-18(26-23(32)27-19)10-20(21)25-12-16-14(4)28-30(22(16)31)15-8-7-13(3)17(24)9-15/h7-12,28H,5-6H2,1-4H3,(H2,26,27,32). The SMILES string of the molecule is CCN(CC)c1cc2[nH]c(=O)[nH]c2cc1N=Cc1c(C)[nH]n(-c2ccc(C)c(Cl)c2)c1=O. The van der Waals surface area contributed by atoms with Crippen molar-refractivity contribution in [2.24, 2.45) is 4.99 Å². The van der Waals surface area contributed by atoms with Gasteiger partial charge in [-0.2, -0.15) is 0 Å². The van der Waals surface area contributed by atoms with E-state index in [1.807, 2.05) is 38.1 Å². The van der Waals surface area contributed by atoms with Gasteiger partial charge in [-0.3, -0.25) is 14.9 Å². The average molecular weight is 453 g/mol. The fourth-order valence-electron chi connectivity index (χ4n) is 3.73. The van der Waals surface area contributed by atoms with E-state index in [1.165, 1.54) is 4.68 Å². The zero-order valence-corrected chi connectivity index (χ0v) is 19.2. The van der Waals surface area contributed by atoms with Gasteiger partial charge in [-0.1, -0.05) is 17.7 Å². The highest BCUT2D eigenvalue weighted by Crippen LogP contribution is 2.32. The summed E-state index contributed by atoms with van der Waals surface area (Å²) in [6, 6.07) is 9.19. The lowest BCUT2D eigenvalue weighted by Crippen LogP contribution is -2.22. The van der Waals surface area contributed by atoms with Crippen molar-refractivity contribution >= 4 is 40.2 Å². The molecule has 3 N–H and O–H groups in total. The molecule has 2 aromatic heterocycles. The number of hydrogen-bond acceptors (Lipinski definition) is 4. The second kappa shape index (κ2) is 8.55. The molecule has 2 heterocycles. The average Bonchev–Trinajstić information content (AvgIpc) is 3.26. The third-order valence-electron chi connectivity index (χ3n) is 5.58. The third-order valence-corrected chi connectivity index (χ3v) is 5.99. The fourth-order valence-corrected chi connectivity index (χ4v) is 3.90. The number of halogens is 1. The largest absolute Gasteiger partial charge is 0.370 e. The fraction of sp³-hybridized carbons (Fsp3) is 0.261. The third kappa shape index (κ3) is 3.89. The number of fused-ring (bicyclic) bond motifs is 1. The lowest BCUT2D eigenvalue weighted by Gasteiger charge is -2.22. The van der Waals surface area contributed by atoms with E-state index in [0.29, 0.717) is 38.7 Å². The van der Waals surface area contributed by atoms with E-state index >= 15 is 0 Å². The van der Waals surface area contributed by atoms with Gasteiger partial charge in [-0.15, -0.1) is 0 Å². The Labute approximate surface area is 189 Å². The Morgan fingerprint density at radius 2 is 1.75 bits per heavy atom. The molecule has 32 heavy (non-hydrogen) atoms. The van der Waals surface area contributed by atoms with E-state index < -0.39 is 0 Å². The number of benzene rings is 2. The highest BCUT2D eigenvalue weighted by Gasteiger charge is 2.14. The van der Waals surface area contributed by atoms with Crippen LogP contribution in [-0.4, -0.2) is 39.1 Å². The van der Waals surface area contributed by atoms with Crippen LogP contribution in [-0.2, 0) is 0 Å². The van der Waals surface area contributed by atoms with Crippen molar-refractivity contribution < 1.29 is 0 Å². The minimum Gasteiger partial charge on any atom is -0.370 e. The molecule has 2 aromatic carbocycles. The maximum absolute atomic E-state index is 13.1. The number of aromatic amines is 3. The summed E-state index contributed by atoms with van der Waals surface area (Å²) in [7, 11) is 0. The van der Waals surface area contributed by atoms with Crippen LogP contribution in [0.5, 0.6) is 0 Å². The molecule has 0 saturated heterocycles. The molecule has 0 amide bonds. The van der Waals surface area contributed by atoms with Crippen LogP contribution >= 0.6 is 11.6 Å². The summed E-state index contributed by atoms with van der Waals surface area (Å²) in [4.78, 5) is 37.2. The van der Waals surface area contributed by atoms with E-state index in [9.17, 15) is 9.59 Å². The number of aryl methyl sites for hydroxylation is 2. The van der Waals surface area contributed by atoms with Crippen LogP contribution < -0.4 is 16.1 Å². The van der Waals surface area contributed by atoms with Crippen molar-refractivity contribution in [3.05, 3.63) is 73.0 Å². The van der Waals surface area contributed by atoms with Gasteiger partial charge in [0.2, 0.25) is 0 Å². The lowest BCUT2D eigenvalue weighted by atomic mass is 10.2. The summed E-state index contributed by atoms with van der Waals surface area (Å²) >= 11 is 6.24. The number of anilines is 1. The first kappa shape index (κ1) is 21.7. The lowest BCUT2D eigenvalue weighted by molar-refractivity contribution is 0.835. The summed E-state index contributed by atoms with van der Waals surface area (Å²) in [6.07, 6.45) is 1.57. The van der Waals surface area contributed by atoms with Gasteiger partial charge in [0.15, 0.2) is 0 Å². The van der Waals surface area contributed by atoms with Gasteiger partial charge >= 0.3 is 5.69 Å². The topological polar surface area (TPSA) is 102 Å². The molecular weight excluding hydrogens is 428 g/mol. The number of nitrogens with zero attached hydrogens (tertiary/aromatic N) is 3. The Morgan fingerprint density at radius 3 is 2.41 bits per heavy atom. The molecule has 0 fully saturated rings. The summed E-state index contributed by atoms with van der Waals surface area (Å²) in [5.74, 6) is 0. The van der Waals surface area contributed by atoms with Crippen molar-refractivity contribution in [1.82, 2.24) is 19.7 Å². The van der Waals surface area contributed by atoms with E-state index in [0.717, 1.165) is 24.3 Å². The first-order valence-electron chi connectivity index (χ1n) is 10.5. The Kier molecular flexibility index (Phi) is 5.80. The molecule has 0 radical (unpaired) electrons. The van der Waals surface area contributed by atoms with Crippen LogP contribution in [0.25, 0.3) is 16.7 Å². The number of rotatable bonds is 6. The molecule has 0 aliphatic carbocycles. The van der Waals surface area contributed by atoms with Crippen LogP contribution in [0.4, 0.5) is 11.4 Å². The summed E-state index contributed by atoms with van der Waals surface area (Å²) in [6.45, 7) is 9.42. The van der Waals surface area contributed by atoms with Gasteiger partial charge in [0.1, 0.15) is 0 Å². The first-order valence-corrected chi connectivity index (χ1v) is 10.8. The van der Waals surface area contributed by atoms with Crippen LogP contribution in [0.15, 0.2) is 44.9 Å². The molecular formula is C23H25ClN6O2. The second-order valence-electron chi connectivity index (χ2n) is 7.62. The number of imidazole rings is 1. The molecule has 8 nitrogen and oxygen atoms in total. The molecule has 0 aliphatic rings. The molecule has 0 bridgehead atoms. The van der Waals surface area contributed by atoms with Crippen molar-refractivity contribution in [3.8, 4) is 5.69 Å². The first-order chi connectivity index (χ1) is 15.3. The molecule has 0 spiro atoms. The van der Waals surface area contributed by atoms with Gasteiger partial charge < -0.3 is 14.9 Å². The summed E-state index contributed by atoms with van der Waals surface area (Å²) < 4.78 is 1.46. The van der Waals surface area contributed by atoms with E-state index in [-0.39, 0.29) is 11.2 Å². The van der Waals surface area contributed by atoms with Gasteiger partial charge in [0.25, 0.3) is 5.56 Å². The highest BCUT2D eigenvalue weighted by molar-refractivity contribution is 6.31. The molecule has 0 atom stereocenters. The zero-order valence-electron chi connectivity index (χ0n) is 18.4. The van der Waals surface area contributed by atoms with E-state index in [1.54, 1.807) is 12.3 Å². The molecule has 4 rings (SSSR count). The monoisotopic (exact) mass is 452 g/mol. The van der Waals surface area contributed by atoms with Crippen molar-refractivity contribution in [2.75, 3.05) is 18.0 Å². The van der Waals surface area contributed by atoms with Gasteiger partial charge in [0, 0.05) is 30.0 Å². The van der Waals surface area contributed by atoms with Crippen molar-refractivity contribution in [3.63, 3.8) is 0 Å². The van der Waals surface area contributed by atoms with Gasteiger partial charge in [-0.25, -0.2) is 9.48 Å². The van der Waals surface area contributed by atoms with Crippen LogP contribution in [0.1, 0.15) is 30.7 Å². The molecule has 0 unspecified atom stereocenters. The highest BCUT2D eigenvalue weighted by atomic mass is 35.5. The number of nitrogens with one attached hydrogen (secondary N) is 3. The molecule has 4 aromatic rings. The predicted molar refractivity (Wildman–Crippen MR) is 131 cm³/mol. The Hall–Kier alpha value is -3.52. The Morgan fingerprint density at radius 1 is 1.06 bits per heavy atom. The maximum Gasteiger partial charge on any atom is 0.323 e. The maximum atomic E-state index is 13.1. The molecule has 0 aliphatic heterocycles. The molecule has 9 heteroatoms. The van der Waals surface area contributed by atoms with Crippen LogP contribution in [0.3, 0.4) is 0 Å². The smallest absolute Gasteiger partial charge is 0.323 e. The van der Waals surface area contributed by atoms with Crippen molar-refractivity contribution in [2.45, 2.75) is 27.7 Å². The van der Waals surface area contributed by atoms with Gasteiger partial charge in [-0.05, 0) is 57.5 Å². The van der Waals surface area contributed by atoms with E-state index in [4.69, 9.17) is 11.6 Å². The number of H-pyrrole nitrogens is 3. The number of hydrogen-bond donors (Lipinski definition) is 3. The van der Waals surface area contributed by atoms with Crippen molar-refractivity contribution in [1.29, 1.82) is 0 Å². The second-order valence-corrected chi connectivity index (χ2v) is 8.03. The minimum absolute atomic E-state index is 0.216. The van der Waals surface area contributed by atoms with Gasteiger partial charge in [0.05, 0.1) is 33.7 Å². The predicted octanol–water partition coefficient (Wildman–Crippen LogP) is 4.20.